The normalized spacial score (nSPS) is 11.8. The van der Waals surface area contributed by atoms with Crippen LogP contribution in [0.3, 0.4) is 0 Å². The van der Waals surface area contributed by atoms with Crippen LogP contribution in [-0.4, -0.2) is 39.3 Å². The molecule has 0 unspecified atom stereocenters. The highest BCUT2D eigenvalue weighted by atomic mass is 32.2. The highest BCUT2D eigenvalue weighted by Crippen LogP contribution is 2.28. The molecule has 0 spiro atoms. The second-order valence-electron chi connectivity index (χ2n) is 7.83. The van der Waals surface area contributed by atoms with Crippen molar-refractivity contribution < 1.29 is 13.2 Å². The fourth-order valence-corrected chi connectivity index (χ4v) is 4.25. The van der Waals surface area contributed by atoms with E-state index in [2.05, 4.69) is 19.2 Å². The van der Waals surface area contributed by atoms with Gasteiger partial charge in [0, 0.05) is 19.8 Å². The van der Waals surface area contributed by atoms with E-state index in [0.717, 1.165) is 36.6 Å². The van der Waals surface area contributed by atoms with E-state index in [-0.39, 0.29) is 18.4 Å². The number of aryl methyl sites for hydroxylation is 3. The van der Waals surface area contributed by atoms with Gasteiger partial charge in [-0.2, -0.15) is 12.7 Å². The van der Waals surface area contributed by atoms with E-state index >= 15 is 0 Å². The Labute approximate surface area is 174 Å². The SMILES string of the molecule is Cc1ccc(C)c(N(CC(=O)Nc2c(C)cccc2C(C)C)S(=O)(=O)N(C)C)c1. The number of anilines is 2. The Morgan fingerprint density at radius 3 is 2.28 bits per heavy atom. The van der Waals surface area contributed by atoms with Crippen molar-refractivity contribution in [1.29, 1.82) is 0 Å². The second kappa shape index (κ2) is 8.97. The van der Waals surface area contributed by atoms with E-state index in [1.807, 2.05) is 51.1 Å². The molecule has 0 atom stereocenters. The first-order valence-electron chi connectivity index (χ1n) is 9.62. The Kier molecular flexibility index (Phi) is 7.08. The number of carbonyl (C=O) groups excluding carboxylic acids is 1. The minimum Gasteiger partial charge on any atom is -0.324 e. The molecule has 0 fully saturated rings. The number of hydrogen-bond donors (Lipinski definition) is 1. The van der Waals surface area contributed by atoms with Crippen LogP contribution in [0, 0.1) is 20.8 Å². The lowest BCUT2D eigenvalue weighted by Gasteiger charge is -2.28. The van der Waals surface area contributed by atoms with Gasteiger partial charge in [0.1, 0.15) is 6.54 Å². The van der Waals surface area contributed by atoms with Crippen LogP contribution in [0.2, 0.25) is 0 Å². The minimum absolute atomic E-state index is 0.228. The molecular formula is C22H31N3O3S. The van der Waals surface area contributed by atoms with Crippen LogP contribution in [0.5, 0.6) is 0 Å². The molecule has 2 rings (SSSR count). The van der Waals surface area contributed by atoms with Gasteiger partial charge in [-0.05, 0) is 55.0 Å². The fraction of sp³-hybridized carbons (Fsp3) is 0.409. The lowest BCUT2D eigenvalue weighted by atomic mass is 9.98. The molecule has 1 N–H and O–H groups in total. The summed E-state index contributed by atoms with van der Waals surface area (Å²) >= 11 is 0. The molecule has 0 aliphatic rings. The number of benzene rings is 2. The molecule has 29 heavy (non-hydrogen) atoms. The molecule has 6 nitrogen and oxygen atoms in total. The number of para-hydroxylation sites is 1. The summed E-state index contributed by atoms with van der Waals surface area (Å²) in [7, 11) is -0.926. The van der Waals surface area contributed by atoms with Gasteiger partial charge in [0.2, 0.25) is 5.91 Å². The summed E-state index contributed by atoms with van der Waals surface area (Å²) in [6, 6.07) is 11.4. The van der Waals surface area contributed by atoms with E-state index in [9.17, 15) is 13.2 Å². The number of nitrogens with zero attached hydrogens (tertiary/aromatic N) is 2. The van der Waals surface area contributed by atoms with Crippen molar-refractivity contribution in [2.75, 3.05) is 30.3 Å². The van der Waals surface area contributed by atoms with Crippen molar-refractivity contribution >= 4 is 27.5 Å². The van der Waals surface area contributed by atoms with E-state index in [1.54, 1.807) is 6.07 Å². The number of hydrogen-bond acceptors (Lipinski definition) is 3. The Hall–Kier alpha value is -2.38. The summed E-state index contributed by atoms with van der Waals surface area (Å²) in [6.07, 6.45) is 0. The van der Waals surface area contributed by atoms with Gasteiger partial charge in [-0.25, -0.2) is 4.31 Å². The van der Waals surface area contributed by atoms with E-state index < -0.39 is 10.2 Å². The largest absolute Gasteiger partial charge is 0.324 e. The zero-order chi connectivity index (χ0) is 21.9. The number of nitrogens with one attached hydrogen (secondary N) is 1. The predicted octanol–water partition coefficient (Wildman–Crippen LogP) is 3.99. The molecule has 0 aromatic heterocycles. The third-order valence-corrected chi connectivity index (χ3v) is 6.66. The lowest BCUT2D eigenvalue weighted by molar-refractivity contribution is -0.114. The van der Waals surface area contributed by atoms with Gasteiger partial charge in [-0.3, -0.25) is 4.79 Å². The molecule has 0 radical (unpaired) electrons. The summed E-state index contributed by atoms with van der Waals surface area (Å²) < 4.78 is 28.3. The molecular weight excluding hydrogens is 386 g/mol. The quantitative estimate of drug-likeness (QED) is 0.741. The smallest absolute Gasteiger partial charge is 0.304 e. The van der Waals surface area contributed by atoms with E-state index in [0.29, 0.717) is 5.69 Å². The van der Waals surface area contributed by atoms with E-state index in [1.165, 1.54) is 14.1 Å². The van der Waals surface area contributed by atoms with Gasteiger partial charge in [-0.1, -0.05) is 44.2 Å². The topological polar surface area (TPSA) is 69.7 Å². The maximum atomic E-state index is 13.0. The highest BCUT2D eigenvalue weighted by molar-refractivity contribution is 7.90. The monoisotopic (exact) mass is 417 g/mol. The summed E-state index contributed by atoms with van der Waals surface area (Å²) in [5, 5.41) is 2.94. The van der Waals surface area contributed by atoms with Gasteiger partial charge in [-0.15, -0.1) is 0 Å². The molecule has 158 valence electrons. The Morgan fingerprint density at radius 2 is 1.69 bits per heavy atom. The maximum Gasteiger partial charge on any atom is 0.304 e. The van der Waals surface area contributed by atoms with Crippen molar-refractivity contribution in [1.82, 2.24) is 4.31 Å². The van der Waals surface area contributed by atoms with Gasteiger partial charge >= 0.3 is 10.2 Å². The van der Waals surface area contributed by atoms with Crippen LogP contribution in [-0.2, 0) is 15.0 Å². The van der Waals surface area contributed by atoms with Crippen molar-refractivity contribution in [2.45, 2.75) is 40.5 Å². The first kappa shape index (κ1) is 22.9. The van der Waals surface area contributed by atoms with Crippen LogP contribution in [0.4, 0.5) is 11.4 Å². The first-order chi connectivity index (χ1) is 13.4. The van der Waals surface area contributed by atoms with Crippen LogP contribution in [0.15, 0.2) is 36.4 Å². The Balaban J connectivity index is 2.43. The average Bonchev–Trinajstić information content (AvgIpc) is 2.63. The number of carbonyl (C=O) groups is 1. The van der Waals surface area contributed by atoms with Crippen LogP contribution >= 0.6 is 0 Å². The van der Waals surface area contributed by atoms with E-state index in [4.69, 9.17) is 0 Å². The van der Waals surface area contributed by atoms with Crippen molar-refractivity contribution in [3.05, 3.63) is 58.7 Å². The molecule has 0 saturated heterocycles. The van der Waals surface area contributed by atoms with Crippen LogP contribution in [0.1, 0.15) is 42.0 Å². The molecule has 0 bridgehead atoms. The van der Waals surface area contributed by atoms with Crippen LogP contribution in [0.25, 0.3) is 0 Å². The van der Waals surface area contributed by atoms with Gasteiger partial charge in [0.05, 0.1) is 5.69 Å². The van der Waals surface area contributed by atoms with Gasteiger partial charge < -0.3 is 5.32 Å². The average molecular weight is 418 g/mol. The summed E-state index contributed by atoms with van der Waals surface area (Å²) in [5.74, 6) is -0.154. The van der Waals surface area contributed by atoms with Gasteiger partial charge in [0.15, 0.2) is 0 Å². The van der Waals surface area contributed by atoms with Crippen molar-refractivity contribution in [2.24, 2.45) is 0 Å². The highest BCUT2D eigenvalue weighted by Gasteiger charge is 2.29. The first-order valence-corrected chi connectivity index (χ1v) is 11.0. The fourth-order valence-electron chi connectivity index (χ4n) is 3.13. The molecule has 2 aromatic carbocycles. The van der Waals surface area contributed by atoms with Crippen molar-refractivity contribution in [3.63, 3.8) is 0 Å². The molecule has 0 aliphatic carbocycles. The second-order valence-corrected chi connectivity index (χ2v) is 9.90. The number of rotatable bonds is 7. The number of amides is 1. The third kappa shape index (κ3) is 5.16. The summed E-state index contributed by atoms with van der Waals surface area (Å²) in [4.78, 5) is 13.0. The molecule has 0 heterocycles. The summed E-state index contributed by atoms with van der Waals surface area (Å²) in [5.41, 5.74) is 4.92. The molecule has 0 aliphatic heterocycles. The summed E-state index contributed by atoms with van der Waals surface area (Å²) in [6.45, 7) is 9.47. The molecule has 7 heteroatoms. The zero-order valence-electron chi connectivity index (χ0n) is 18.3. The Morgan fingerprint density at radius 1 is 1.03 bits per heavy atom. The Bertz CT molecular complexity index is 998. The van der Waals surface area contributed by atoms with Crippen molar-refractivity contribution in [3.8, 4) is 0 Å². The molecule has 2 aromatic rings. The minimum atomic E-state index is -3.85. The lowest BCUT2D eigenvalue weighted by Crippen LogP contribution is -2.44. The standard InChI is InChI=1S/C22H31N3O3S/c1-15(2)19-10-8-9-18(5)22(19)23-21(26)14-25(29(27,28)24(6)7)20-13-16(3)11-12-17(20)4/h8-13,15H,14H2,1-7H3,(H,23,26). The zero-order valence-corrected chi connectivity index (χ0v) is 19.1. The predicted molar refractivity (Wildman–Crippen MR) is 120 cm³/mol. The molecule has 0 saturated carbocycles. The van der Waals surface area contributed by atoms with Gasteiger partial charge in [0.25, 0.3) is 0 Å². The molecule has 1 amide bonds. The maximum absolute atomic E-state index is 13.0. The van der Waals surface area contributed by atoms with Crippen LogP contribution < -0.4 is 9.62 Å². The third-order valence-electron chi connectivity index (χ3n) is 4.85.